The third kappa shape index (κ3) is 3.09. The molecule has 0 spiro atoms. The van der Waals surface area contributed by atoms with Crippen LogP contribution in [0, 0.1) is 0 Å². The van der Waals surface area contributed by atoms with Gasteiger partial charge in [-0.2, -0.15) is 0 Å². The molecule has 0 saturated carbocycles. The summed E-state index contributed by atoms with van der Waals surface area (Å²) in [5.74, 6) is 5.57. The van der Waals surface area contributed by atoms with Crippen molar-refractivity contribution in [1.29, 1.82) is 0 Å². The molecule has 0 bridgehead atoms. The summed E-state index contributed by atoms with van der Waals surface area (Å²) in [6, 6.07) is 8.03. The van der Waals surface area contributed by atoms with Gasteiger partial charge >= 0.3 is 0 Å². The first-order valence-electron chi connectivity index (χ1n) is 5.26. The van der Waals surface area contributed by atoms with Gasteiger partial charge in [0.15, 0.2) is 0 Å². The summed E-state index contributed by atoms with van der Waals surface area (Å²) in [5.41, 5.74) is 4.79. The molecule has 1 aromatic carbocycles. The third-order valence-electron chi connectivity index (χ3n) is 2.52. The molecule has 1 heterocycles. The Hall–Kier alpha value is -1.30. The van der Waals surface area contributed by atoms with Gasteiger partial charge in [-0.3, -0.25) is 21.2 Å². The van der Waals surface area contributed by atoms with Crippen molar-refractivity contribution in [3.8, 4) is 0 Å². The Morgan fingerprint density at radius 3 is 2.76 bits per heavy atom. The van der Waals surface area contributed by atoms with Crippen molar-refractivity contribution < 1.29 is 0 Å². The summed E-state index contributed by atoms with van der Waals surface area (Å²) in [6.45, 7) is 0. The van der Waals surface area contributed by atoms with Crippen LogP contribution < -0.4 is 11.3 Å². The second-order valence-electron chi connectivity index (χ2n) is 3.65. The lowest BCUT2D eigenvalue weighted by Crippen LogP contribution is -2.30. The highest BCUT2D eigenvalue weighted by molar-refractivity contribution is 9.10. The molecule has 4 nitrogen and oxygen atoms in total. The Kier molecular flexibility index (Phi) is 4.19. The number of hydrogen-bond donors (Lipinski definition) is 2. The van der Waals surface area contributed by atoms with E-state index in [1.807, 2.05) is 18.2 Å². The molecule has 1 unspecified atom stereocenters. The number of halogens is 1. The minimum absolute atomic E-state index is 0.0394. The first-order chi connectivity index (χ1) is 8.31. The minimum atomic E-state index is -0.0394. The van der Waals surface area contributed by atoms with E-state index in [-0.39, 0.29) is 6.04 Å². The number of nitrogens with two attached hydrogens (primary N) is 1. The van der Waals surface area contributed by atoms with Gasteiger partial charge in [0, 0.05) is 16.9 Å². The molecule has 1 aromatic heterocycles. The van der Waals surface area contributed by atoms with Gasteiger partial charge in [-0.05, 0) is 18.1 Å². The van der Waals surface area contributed by atoms with Gasteiger partial charge in [0.25, 0.3) is 0 Å². The predicted octanol–water partition coefficient (Wildman–Crippen LogP) is 1.99. The lowest BCUT2D eigenvalue weighted by molar-refractivity contribution is 0.535. The molecule has 2 aromatic rings. The Balaban J connectivity index is 2.19. The van der Waals surface area contributed by atoms with E-state index in [0.29, 0.717) is 0 Å². The summed E-state index contributed by atoms with van der Waals surface area (Å²) < 4.78 is 1.07. The van der Waals surface area contributed by atoms with E-state index in [1.54, 1.807) is 18.6 Å². The van der Waals surface area contributed by atoms with Crippen LogP contribution in [0.3, 0.4) is 0 Å². The van der Waals surface area contributed by atoms with Crippen LogP contribution >= 0.6 is 15.9 Å². The molecule has 0 saturated heterocycles. The van der Waals surface area contributed by atoms with Crippen LogP contribution in [0.1, 0.15) is 17.3 Å². The second kappa shape index (κ2) is 5.86. The number of nitrogens with zero attached hydrogens (tertiary/aromatic N) is 2. The fourth-order valence-corrected chi connectivity index (χ4v) is 2.07. The van der Waals surface area contributed by atoms with Crippen LogP contribution in [-0.4, -0.2) is 9.97 Å². The number of hydrogen-bond acceptors (Lipinski definition) is 4. The van der Waals surface area contributed by atoms with Gasteiger partial charge in [-0.1, -0.05) is 34.1 Å². The molecular weight excluding hydrogens is 280 g/mol. The summed E-state index contributed by atoms with van der Waals surface area (Å²) in [7, 11) is 0. The van der Waals surface area contributed by atoms with Crippen molar-refractivity contribution in [2.45, 2.75) is 12.5 Å². The standard InChI is InChI=1S/C12H13BrN4/c13-10-4-2-1-3-9(10)7-11(17-14)12-8-15-5-6-16-12/h1-6,8,11,17H,7,14H2. The number of rotatable bonds is 4. The van der Waals surface area contributed by atoms with E-state index in [9.17, 15) is 0 Å². The second-order valence-corrected chi connectivity index (χ2v) is 4.50. The van der Waals surface area contributed by atoms with E-state index in [1.165, 1.54) is 5.56 Å². The normalized spacial score (nSPS) is 12.4. The van der Waals surface area contributed by atoms with Gasteiger partial charge in [0.1, 0.15) is 0 Å². The lowest BCUT2D eigenvalue weighted by atomic mass is 10.0. The predicted molar refractivity (Wildman–Crippen MR) is 69.9 cm³/mol. The van der Waals surface area contributed by atoms with Gasteiger partial charge in [-0.15, -0.1) is 0 Å². The smallest absolute Gasteiger partial charge is 0.0772 e. The molecule has 17 heavy (non-hydrogen) atoms. The minimum Gasteiger partial charge on any atom is -0.271 e. The van der Waals surface area contributed by atoms with Crippen molar-refractivity contribution in [2.75, 3.05) is 0 Å². The quantitative estimate of drug-likeness (QED) is 0.668. The van der Waals surface area contributed by atoms with Crippen molar-refractivity contribution >= 4 is 15.9 Å². The highest BCUT2D eigenvalue weighted by Gasteiger charge is 2.13. The van der Waals surface area contributed by atoms with Crippen LogP contribution in [0.2, 0.25) is 0 Å². The van der Waals surface area contributed by atoms with Gasteiger partial charge in [0.2, 0.25) is 0 Å². The fraction of sp³-hybridized carbons (Fsp3) is 0.167. The fourth-order valence-electron chi connectivity index (χ4n) is 1.62. The van der Waals surface area contributed by atoms with E-state index in [4.69, 9.17) is 5.84 Å². The molecule has 0 aliphatic rings. The molecule has 0 aliphatic heterocycles. The Morgan fingerprint density at radius 1 is 1.29 bits per heavy atom. The van der Waals surface area contributed by atoms with E-state index >= 15 is 0 Å². The highest BCUT2D eigenvalue weighted by Crippen LogP contribution is 2.21. The molecule has 0 amide bonds. The van der Waals surface area contributed by atoms with Crippen molar-refractivity contribution in [3.63, 3.8) is 0 Å². The molecule has 2 rings (SSSR count). The maximum Gasteiger partial charge on any atom is 0.0772 e. The SMILES string of the molecule is NNC(Cc1ccccc1Br)c1cnccn1. The first-order valence-corrected chi connectivity index (χ1v) is 6.06. The maximum absolute atomic E-state index is 5.57. The molecule has 1 atom stereocenters. The van der Waals surface area contributed by atoms with E-state index in [0.717, 1.165) is 16.6 Å². The Bertz CT molecular complexity index is 475. The van der Waals surface area contributed by atoms with Crippen LogP contribution in [0.25, 0.3) is 0 Å². The average Bonchev–Trinajstić information content (AvgIpc) is 2.39. The monoisotopic (exact) mass is 292 g/mol. The zero-order valence-corrected chi connectivity index (χ0v) is 10.8. The van der Waals surface area contributed by atoms with Crippen LogP contribution in [0.15, 0.2) is 47.3 Å². The lowest BCUT2D eigenvalue weighted by Gasteiger charge is -2.15. The third-order valence-corrected chi connectivity index (χ3v) is 3.30. The van der Waals surface area contributed by atoms with Crippen LogP contribution in [-0.2, 0) is 6.42 Å². The molecule has 0 radical (unpaired) electrons. The number of aromatic nitrogens is 2. The van der Waals surface area contributed by atoms with Crippen molar-refractivity contribution in [2.24, 2.45) is 5.84 Å². The van der Waals surface area contributed by atoms with Crippen molar-refractivity contribution in [3.05, 3.63) is 58.6 Å². The molecule has 0 fully saturated rings. The number of hydrazine groups is 1. The zero-order valence-electron chi connectivity index (χ0n) is 9.18. The Labute approximate surface area is 108 Å². The van der Waals surface area contributed by atoms with Crippen molar-refractivity contribution in [1.82, 2.24) is 15.4 Å². The topological polar surface area (TPSA) is 63.8 Å². The van der Waals surface area contributed by atoms with Gasteiger partial charge in [-0.25, -0.2) is 0 Å². The summed E-state index contributed by atoms with van der Waals surface area (Å²) in [6.07, 6.45) is 5.80. The summed E-state index contributed by atoms with van der Waals surface area (Å²) in [5, 5.41) is 0. The average molecular weight is 293 g/mol. The molecule has 0 aliphatic carbocycles. The summed E-state index contributed by atoms with van der Waals surface area (Å²) >= 11 is 3.52. The molecule has 88 valence electrons. The van der Waals surface area contributed by atoms with Gasteiger partial charge < -0.3 is 0 Å². The number of nitrogens with one attached hydrogen (secondary N) is 1. The highest BCUT2D eigenvalue weighted by atomic mass is 79.9. The summed E-state index contributed by atoms with van der Waals surface area (Å²) in [4.78, 5) is 8.30. The molecule has 5 heteroatoms. The van der Waals surface area contributed by atoms with Gasteiger partial charge in [0.05, 0.1) is 17.9 Å². The zero-order chi connectivity index (χ0) is 12.1. The molecular formula is C12H13BrN4. The maximum atomic E-state index is 5.57. The van der Waals surface area contributed by atoms with E-state index in [2.05, 4.69) is 37.4 Å². The largest absolute Gasteiger partial charge is 0.271 e. The first kappa shape index (κ1) is 12.2. The van der Waals surface area contributed by atoms with Crippen LogP contribution in [0.4, 0.5) is 0 Å². The Morgan fingerprint density at radius 2 is 2.12 bits per heavy atom. The van der Waals surface area contributed by atoms with E-state index < -0.39 is 0 Å². The van der Waals surface area contributed by atoms with Crippen LogP contribution in [0.5, 0.6) is 0 Å². The molecule has 3 N–H and O–H groups in total. The number of benzene rings is 1.